The first kappa shape index (κ1) is 37.0. The highest BCUT2D eigenvalue weighted by Crippen LogP contribution is 2.38. The standard InChI is InChI=1S/C32H31F9N2O4/c1-46-27(44)11-7-3-6-10-21-14-22(12-13-26(21)34)30(18-20-8-4-2-5-9-20,43-29(45)42-19-31(37,38)39)23-15-24(33)17-25(16-23)47-32(40,41)28(35)36/h2,4-5,8-9,12-17,28H,3,6-7,10-11,18-19H2,1H3,(H2,42,43,45)/t30-/m1/s1. The van der Waals surface area contributed by atoms with Gasteiger partial charge < -0.3 is 20.1 Å². The molecule has 1 atom stereocenters. The van der Waals surface area contributed by atoms with E-state index < -0.39 is 60.2 Å². The Kier molecular flexibility index (Phi) is 12.5. The van der Waals surface area contributed by atoms with Crippen LogP contribution in [0.25, 0.3) is 0 Å². The second kappa shape index (κ2) is 15.9. The summed E-state index contributed by atoms with van der Waals surface area (Å²) in [7, 11) is 1.24. The van der Waals surface area contributed by atoms with E-state index in [1.54, 1.807) is 35.6 Å². The zero-order valence-electron chi connectivity index (χ0n) is 24.9. The molecule has 3 aromatic rings. The average Bonchev–Trinajstić information content (AvgIpc) is 2.99. The number of aryl methyl sites for hydroxylation is 1. The van der Waals surface area contributed by atoms with E-state index in [4.69, 9.17) is 0 Å². The number of ether oxygens (including phenoxy) is 2. The Morgan fingerprint density at radius 3 is 2.19 bits per heavy atom. The number of hydrogen-bond donors (Lipinski definition) is 2. The summed E-state index contributed by atoms with van der Waals surface area (Å²) in [6, 6.07) is 11.8. The minimum absolute atomic E-state index is 0.00774. The zero-order chi connectivity index (χ0) is 34.8. The van der Waals surface area contributed by atoms with Gasteiger partial charge in [0.25, 0.3) is 0 Å². The molecule has 0 radical (unpaired) electrons. The number of hydrogen-bond acceptors (Lipinski definition) is 4. The van der Waals surface area contributed by atoms with Gasteiger partial charge in [-0.1, -0.05) is 48.9 Å². The van der Waals surface area contributed by atoms with Crippen LogP contribution in [0.5, 0.6) is 5.75 Å². The Balaban J connectivity index is 2.18. The Labute approximate surface area is 264 Å². The lowest BCUT2D eigenvalue weighted by Gasteiger charge is -2.37. The van der Waals surface area contributed by atoms with Crippen molar-refractivity contribution in [2.45, 2.75) is 62.8 Å². The number of alkyl halides is 7. The number of benzene rings is 3. The third kappa shape index (κ3) is 10.8. The zero-order valence-corrected chi connectivity index (χ0v) is 24.9. The van der Waals surface area contributed by atoms with Gasteiger partial charge in [0.2, 0.25) is 0 Å². The lowest BCUT2D eigenvalue weighted by molar-refractivity contribution is -0.253. The predicted octanol–water partition coefficient (Wildman–Crippen LogP) is 7.83. The van der Waals surface area contributed by atoms with Gasteiger partial charge in [-0.25, -0.2) is 13.6 Å². The van der Waals surface area contributed by atoms with E-state index in [0.717, 1.165) is 18.2 Å². The van der Waals surface area contributed by atoms with Gasteiger partial charge in [0.1, 0.15) is 23.9 Å². The summed E-state index contributed by atoms with van der Waals surface area (Å²) in [4.78, 5) is 24.4. The molecule has 0 fully saturated rings. The summed E-state index contributed by atoms with van der Waals surface area (Å²) >= 11 is 0. The number of halogens is 9. The van der Waals surface area contributed by atoms with Crippen molar-refractivity contribution in [1.29, 1.82) is 0 Å². The molecule has 3 rings (SSSR count). The number of esters is 1. The van der Waals surface area contributed by atoms with Crippen LogP contribution in [0.1, 0.15) is 47.9 Å². The first-order chi connectivity index (χ1) is 22.0. The van der Waals surface area contributed by atoms with E-state index >= 15 is 8.78 Å². The molecule has 256 valence electrons. The molecule has 0 saturated carbocycles. The van der Waals surface area contributed by atoms with Crippen LogP contribution in [0.3, 0.4) is 0 Å². The summed E-state index contributed by atoms with van der Waals surface area (Å²) in [5.41, 5.74) is -2.02. The van der Waals surface area contributed by atoms with Crippen molar-refractivity contribution >= 4 is 12.0 Å². The normalized spacial score (nSPS) is 13.2. The third-order valence-electron chi connectivity index (χ3n) is 7.05. The molecule has 0 aliphatic rings. The Morgan fingerprint density at radius 1 is 0.851 bits per heavy atom. The number of nitrogens with one attached hydrogen (secondary N) is 2. The molecule has 0 saturated heterocycles. The number of carbonyl (C=O) groups excluding carboxylic acids is 2. The van der Waals surface area contributed by atoms with Crippen LogP contribution < -0.4 is 15.4 Å². The number of rotatable bonds is 15. The number of urea groups is 1. The largest absolute Gasteiger partial charge is 0.469 e. The maximum Gasteiger partial charge on any atom is 0.461 e. The molecule has 0 spiro atoms. The van der Waals surface area contributed by atoms with Gasteiger partial charge in [-0.15, -0.1) is 0 Å². The molecule has 0 bridgehead atoms. The molecule has 2 amide bonds. The average molecular weight is 679 g/mol. The molecule has 0 aliphatic carbocycles. The summed E-state index contributed by atoms with van der Waals surface area (Å²) in [6.45, 7) is -1.78. The van der Waals surface area contributed by atoms with Crippen LogP contribution in [-0.2, 0) is 27.9 Å². The Bertz CT molecular complexity index is 1500. The van der Waals surface area contributed by atoms with Crippen molar-refractivity contribution in [3.05, 3.63) is 101 Å². The minimum atomic E-state index is -5.05. The predicted molar refractivity (Wildman–Crippen MR) is 152 cm³/mol. The van der Waals surface area contributed by atoms with Crippen molar-refractivity contribution in [3.8, 4) is 5.75 Å². The van der Waals surface area contributed by atoms with Crippen LogP contribution >= 0.6 is 0 Å². The van der Waals surface area contributed by atoms with E-state index in [2.05, 4.69) is 14.8 Å². The van der Waals surface area contributed by atoms with E-state index in [1.807, 2.05) is 0 Å². The van der Waals surface area contributed by atoms with Gasteiger partial charge in [-0.2, -0.15) is 30.7 Å². The highest BCUT2D eigenvalue weighted by molar-refractivity contribution is 5.76. The Morgan fingerprint density at radius 2 is 1.55 bits per heavy atom. The molecule has 6 nitrogen and oxygen atoms in total. The maximum absolute atomic E-state index is 15.1. The molecule has 2 N–H and O–H groups in total. The molecular weight excluding hydrogens is 647 g/mol. The fourth-order valence-corrected chi connectivity index (χ4v) is 4.85. The van der Waals surface area contributed by atoms with Crippen molar-refractivity contribution in [3.63, 3.8) is 0 Å². The third-order valence-corrected chi connectivity index (χ3v) is 7.05. The van der Waals surface area contributed by atoms with Crippen molar-refractivity contribution in [2.75, 3.05) is 13.7 Å². The van der Waals surface area contributed by atoms with Crippen molar-refractivity contribution in [2.24, 2.45) is 0 Å². The monoisotopic (exact) mass is 678 g/mol. The second-order valence-corrected chi connectivity index (χ2v) is 10.6. The van der Waals surface area contributed by atoms with Crippen LogP contribution in [0.15, 0.2) is 66.7 Å². The molecule has 15 heteroatoms. The fourth-order valence-electron chi connectivity index (χ4n) is 4.85. The summed E-state index contributed by atoms with van der Waals surface area (Å²) in [6.07, 6.45) is -13.0. The lowest BCUT2D eigenvalue weighted by atomic mass is 9.77. The van der Waals surface area contributed by atoms with Crippen LogP contribution in [-0.4, -0.2) is 44.4 Å². The van der Waals surface area contributed by atoms with Gasteiger partial charge in [0.15, 0.2) is 0 Å². The van der Waals surface area contributed by atoms with E-state index in [-0.39, 0.29) is 36.0 Å². The first-order valence-electron chi connectivity index (χ1n) is 14.2. The molecular formula is C32H31F9N2O4. The molecule has 3 aromatic carbocycles. The van der Waals surface area contributed by atoms with Gasteiger partial charge in [-0.05, 0) is 59.7 Å². The summed E-state index contributed by atoms with van der Waals surface area (Å²) in [5, 5.41) is 4.03. The summed E-state index contributed by atoms with van der Waals surface area (Å²) < 4.78 is 131. The minimum Gasteiger partial charge on any atom is -0.469 e. The molecule has 0 unspecified atom stereocenters. The van der Waals surface area contributed by atoms with Crippen LogP contribution in [0, 0.1) is 11.6 Å². The highest BCUT2D eigenvalue weighted by atomic mass is 19.4. The number of amides is 2. The molecule has 0 aromatic heterocycles. The van der Waals surface area contributed by atoms with Crippen molar-refractivity contribution in [1.82, 2.24) is 10.6 Å². The van der Waals surface area contributed by atoms with Crippen LogP contribution in [0.2, 0.25) is 0 Å². The number of carbonyl (C=O) groups is 2. The van der Waals surface area contributed by atoms with Crippen molar-refractivity contribution < 1.29 is 58.6 Å². The van der Waals surface area contributed by atoms with Gasteiger partial charge in [0.05, 0.1) is 12.6 Å². The van der Waals surface area contributed by atoms with Crippen LogP contribution in [0.4, 0.5) is 44.3 Å². The quantitative estimate of drug-likeness (QED) is 0.0977. The first-order valence-corrected chi connectivity index (χ1v) is 14.2. The Hall–Kier alpha value is -4.43. The second-order valence-electron chi connectivity index (χ2n) is 10.6. The maximum atomic E-state index is 15.1. The van der Waals surface area contributed by atoms with Gasteiger partial charge >= 0.3 is 30.7 Å². The molecule has 0 aliphatic heterocycles. The fraction of sp³-hybridized carbons (Fsp3) is 0.375. The number of unbranched alkanes of at least 4 members (excludes halogenated alkanes) is 2. The van der Waals surface area contributed by atoms with E-state index in [9.17, 15) is 40.3 Å². The highest BCUT2D eigenvalue weighted by Gasteiger charge is 2.45. The molecule has 0 heterocycles. The van der Waals surface area contributed by atoms with E-state index in [1.165, 1.54) is 19.2 Å². The SMILES string of the molecule is COC(=O)CCCCCc1cc([C@@](Cc2ccccc2)(NC(=O)NCC(F)(F)F)c2cc(F)cc(OC(F)(F)C(F)F)c2)ccc1F. The molecule has 47 heavy (non-hydrogen) atoms. The number of methoxy groups -OCH3 is 1. The van der Waals surface area contributed by atoms with E-state index in [0.29, 0.717) is 30.9 Å². The topological polar surface area (TPSA) is 76.7 Å². The lowest BCUT2D eigenvalue weighted by Crippen LogP contribution is -2.53. The van der Waals surface area contributed by atoms with Gasteiger partial charge in [0, 0.05) is 18.9 Å². The summed E-state index contributed by atoms with van der Waals surface area (Å²) in [5.74, 6) is -3.47. The smallest absolute Gasteiger partial charge is 0.461 e. The van der Waals surface area contributed by atoms with Gasteiger partial charge in [-0.3, -0.25) is 4.79 Å².